The van der Waals surface area contributed by atoms with Gasteiger partial charge >= 0.3 is 0 Å². The van der Waals surface area contributed by atoms with Gasteiger partial charge in [-0.15, -0.1) is 0 Å². The first-order valence-electron chi connectivity index (χ1n) is 14.5. The Balaban J connectivity index is 1.26. The molecule has 3 atom stereocenters. The molecule has 8 rings (SSSR count). The van der Waals surface area contributed by atoms with Crippen molar-refractivity contribution < 1.29 is 9.53 Å². The molecule has 3 N–H and O–H groups in total. The normalized spacial score (nSPS) is 24.7. The van der Waals surface area contributed by atoms with Crippen LogP contribution in [0.2, 0.25) is 0 Å². The summed E-state index contributed by atoms with van der Waals surface area (Å²) in [5.74, 6) is 3.31. The molecule has 0 radical (unpaired) electrons. The van der Waals surface area contributed by atoms with Crippen molar-refractivity contribution in [1.82, 2.24) is 24.3 Å². The molecule has 2 aliphatic heterocycles. The predicted molar refractivity (Wildman–Crippen MR) is 152 cm³/mol. The Kier molecular flexibility index (Phi) is 5.17. The summed E-state index contributed by atoms with van der Waals surface area (Å²) in [6.45, 7) is 3.83. The minimum absolute atomic E-state index is 0.0339. The van der Waals surface area contributed by atoms with E-state index in [0.29, 0.717) is 23.1 Å². The number of methoxy groups -OCH3 is 1. The number of fused-ring (bicyclic) bond motifs is 4. The number of imidazole rings is 1. The van der Waals surface area contributed by atoms with E-state index >= 15 is 0 Å². The molecule has 2 aliphatic carbocycles. The first kappa shape index (κ1) is 23.5. The number of nitrogens with zero attached hydrogens (tertiary/aromatic N) is 4. The zero-order valence-electron chi connectivity index (χ0n) is 22.7. The first-order chi connectivity index (χ1) is 19.0. The molecule has 4 aliphatic rings. The summed E-state index contributed by atoms with van der Waals surface area (Å²) >= 11 is 0. The molecule has 2 aromatic heterocycles. The van der Waals surface area contributed by atoms with E-state index in [4.69, 9.17) is 15.5 Å². The maximum atomic E-state index is 13.7. The number of ether oxygens (including phenoxy) is 1. The van der Waals surface area contributed by atoms with Crippen molar-refractivity contribution in [2.45, 2.75) is 50.2 Å². The predicted octanol–water partition coefficient (Wildman–Crippen LogP) is 3.86. The fourth-order valence-electron chi connectivity index (χ4n) is 7.39. The Bertz CT molecular complexity index is 1630. The number of para-hydroxylation sites is 1. The SMILES string of the molecule is COc1cc(C(=O)N2C[C@H]3CC[C@@H]2[C@@H]3N)cc2nc(-c3cc4cccc(C5CNC5)c4n3CC3CC3)n(C)c12. The molecule has 1 amide bonds. The average molecular weight is 525 g/mol. The minimum atomic E-state index is 0.0339. The van der Waals surface area contributed by atoms with Gasteiger partial charge in [-0.05, 0) is 61.3 Å². The standard InChI is InChI=1S/C31H36N6O2/c1-35-29-23(10-20(12-26(29)39-2)31(38)37-16-19-8-9-24(37)27(19)32)34-30(35)25-11-18-4-3-5-22(21-13-33-14-21)28(18)36(25)15-17-6-7-17/h3-5,10-12,17,19,21,24,27,33H,6-9,13-16,32H2,1-2H3/t19-,24-,27-/m1/s1. The highest BCUT2D eigenvalue weighted by molar-refractivity contribution is 6.00. The van der Waals surface area contributed by atoms with Crippen LogP contribution in [0.4, 0.5) is 0 Å². The Hall–Kier alpha value is -3.36. The topological polar surface area (TPSA) is 90.3 Å². The van der Waals surface area contributed by atoms with Gasteiger partial charge in [0.2, 0.25) is 0 Å². The molecule has 2 saturated heterocycles. The van der Waals surface area contributed by atoms with Gasteiger partial charge in [-0.3, -0.25) is 4.79 Å². The summed E-state index contributed by atoms with van der Waals surface area (Å²) < 4.78 is 10.5. The van der Waals surface area contributed by atoms with Gasteiger partial charge in [-0.25, -0.2) is 4.98 Å². The minimum Gasteiger partial charge on any atom is -0.494 e. The van der Waals surface area contributed by atoms with Gasteiger partial charge in [0.05, 0.1) is 23.8 Å². The molecule has 8 heteroatoms. The smallest absolute Gasteiger partial charge is 0.254 e. The molecule has 202 valence electrons. The fraction of sp³-hybridized carbons (Fsp3) is 0.484. The van der Waals surface area contributed by atoms with Crippen LogP contribution in [0.15, 0.2) is 36.4 Å². The molecule has 39 heavy (non-hydrogen) atoms. The van der Waals surface area contributed by atoms with E-state index in [1.807, 2.05) is 17.0 Å². The maximum Gasteiger partial charge on any atom is 0.254 e. The van der Waals surface area contributed by atoms with Gasteiger partial charge in [-0.1, -0.05) is 18.2 Å². The third-order valence-corrected chi connectivity index (χ3v) is 9.85. The molecular formula is C31H36N6O2. The quantitative estimate of drug-likeness (QED) is 0.400. The van der Waals surface area contributed by atoms with Crippen molar-refractivity contribution in [2.75, 3.05) is 26.7 Å². The third kappa shape index (κ3) is 3.50. The van der Waals surface area contributed by atoms with Crippen molar-refractivity contribution in [2.24, 2.45) is 24.6 Å². The molecule has 0 spiro atoms. The highest BCUT2D eigenvalue weighted by Crippen LogP contribution is 2.41. The van der Waals surface area contributed by atoms with E-state index in [0.717, 1.165) is 67.5 Å². The average Bonchev–Trinajstić information content (AvgIpc) is 3.30. The van der Waals surface area contributed by atoms with Crippen LogP contribution < -0.4 is 15.8 Å². The number of aromatic nitrogens is 3. The van der Waals surface area contributed by atoms with E-state index in [1.165, 1.54) is 29.3 Å². The van der Waals surface area contributed by atoms with Gasteiger partial charge in [0.15, 0.2) is 5.82 Å². The van der Waals surface area contributed by atoms with Gasteiger partial charge in [0.1, 0.15) is 11.3 Å². The number of aryl methyl sites for hydroxylation is 1. The zero-order chi connectivity index (χ0) is 26.4. The highest BCUT2D eigenvalue weighted by Gasteiger charge is 2.47. The molecule has 4 aromatic rings. The molecule has 8 nitrogen and oxygen atoms in total. The van der Waals surface area contributed by atoms with E-state index < -0.39 is 0 Å². The lowest BCUT2D eigenvalue weighted by Gasteiger charge is -2.28. The number of carbonyl (C=O) groups excluding carboxylic acids is 1. The summed E-state index contributed by atoms with van der Waals surface area (Å²) in [7, 11) is 3.73. The number of amides is 1. The Morgan fingerprint density at radius 2 is 1.97 bits per heavy atom. The molecule has 2 saturated carbocycles. The van der Waals surface area contributed by atoms with Crippen LogP contribution in [0, 0.1) is 11.8 Å². The molecule has 2 bridgehead atoms. The molecule has 4 heterocycles. The summed E-state index contributed by atoms with van der Waals surface area (Å²) in [5.41, 5.74) is 12.6. The highest BCUT2D eigenvalue weighted by atomic mass is 16.5. The van der Waals surface area contributed by atoms with E-state index in [1.54, 1.807) is 7.11 Å². The molecular weight excluding hydrogens is 488 g/mol. The summed E-state index contributed by atoms with van der Waals surface area (Å²) in [6.07, 6.45) is 4.69. The first-order valence-corrected chi connectivity index (χ1v) is 14.5. The Labute approximate surface area is 228 Å². The lowest BCUT2D eigenvalue weighted by Crippen LogP contribution is -2.41. The van der Waals surface area contributed by atoms with E-state index in [-0.39, 0.29) is 18.0 Å². The van der Waals surface area contributed by atoms with Crippen molar-refractivity contribution >= 4 is 27.8 Å². The summed E-state index contributed by atoms with van der Waals surface area (Å²) in [4.78, 5) is 20.8. The zero-order valence-corrected chi connectivity index (χ0v) is 22.7. The molecule has 0 unspecified atom stereocenters. The molecule has 4 fully saturated rings. The number of rotatable bonds is 6. The van der Waals surface area contributed by atoms with Crippen molar-refractivity contribution in [3.63, 3.8) is 0 Å². The van der Waals surface area contributed by atoms with E-state index in [2.05, 4.69) is 45.8 Å². The monoisotopic (exact) mass is 524 g/mol. The van der Waals surface area contributed by atoms with Gasteiger partial charge in [-0.2, -0.15) is 0 Å². The number of piperidine rings is 1. The second-order valence-corrected chi connectivity index (χ2v) is 12.2. The second-order valence-electron chi connectivity index (χ2n) is 12.2. The maximum absolute atomic E-state index is 13.7. The lowest BCUT2D eigenvalue weighted by molar-refractivity contribution is 0.0700. The van der Waals surface area contributed by atoms with Gasteiger partial charge in [0, 0.05) is 62.2 Å². The van der Waals surface area contributed by atoms with Crippen molar-refractivity contribution in [3.05, 3.63) is 47.5 Å². The summed E-state index contributed by atoms with van der Waals surface area (Å²) in [5, 5.41) is 4.71. The number of carbonyl (C=O) groups is 1. The number of hydrogen-bond donors (Lipinski definition) is 2. The third-order valence-electron chi connectivity index (χ3n) is 9.85. The van der Waals surface area contributed by atoms with Crippen LogP contribution >= 0.6 is 0 Å². The van der Waals surface area contributed by atoms with Crippen molar-refractivity contribution in [3.8, 4) is 17.3 Å². The van der Waals surface area contributed by atoms with Crippen LogP contribution in [0.5, 0.6) is 5.75 Å². The summed E-state index contributed by atoms with van der Waals surface area (Å²) in [6, 6.07) is 13.1. The van der Waals surface area contributed by atoms with Crippen molar-refractivity contribution in [1.29, 1.82) is 0 Å². The van der Waals surface area contributed by atoms with Crippen LogP contribution in [0.3, 0.4) is 0 Å². The molecule has 2 aromatic carbocycles. The number of nitrogens with two attached hydrogens (primary N) is 1. The number of hydrogen-bond acceptors (Lipinski definition) is 5. The van der Waals surface area contributed by atoms with Gasteiger partial charge in [0.25, 0.3) is 5.91 Å². The fourth-order valence-corrected chi connectivity index (χ4v) is 7.39. The second kappa shape index (κ2) is 8.57. The number of likely N-dealkylation sites (tertiary alicyclic amines) is 1. The Morgan fingerprint density at radius 1 is 1.13 bits per heavy atom. The van der Waals surface area contributed by atoms with E-state index in [9.17, 15) is 4.79 Å². The number of nitrogens with one attached hydrogen (secondary N) is 1. The van der Waals surface area contributed by atoms with Crippen LogP contribution in [0.25, 0.3) is 33.5 Å². The van der Waals surface area contributed by atoms with Crippen LogP contribution in [0.1, 0.15) is 47.5 Å². The van der Waals surface area contributed by atoms with Gasteiger partial charge < -0.3 is 29.8 Å². The largest absolute Gasteiger partial charge is 0.494 e. The van der Waals surface area contributed by atoms with Crippen LogP contribution in [-0.2, 0) is 13.6 Å². The lowest BCUT2D eigenvalue weighted by atomic mass is 9.92. The van der Waals surface area contributed by atoms with Crippen LogP contribution in [-0.4, -0.2) is 63.8 Å². The Morgan fingerprint density at radius 3 is 2.64 bits per heavy atom. The number of benzene rings is 2.